The first-order valence-corrected chi connectivity index (χ1v) is 10.6. The van der Waals surface area contributed by atoms with Gasteiger partial charge in [-0.3, -0.25) is 4.90 Å². The number of hydrogen-bond acceptors (Lipinski definition) is 5. The molecule has 1 saturated heterocycles. The van der Waals surface area contributed by atoms with Crippen LogP contribution < -0.4 is 0 Å². The lowest BCUT2D eigenvalue weighted by molar-refractivity contribution is 0.0600. The summed E-state index contributed by atoms with van der Waals surface area (Å²) in [5.74, 6) is -0.485. The molecule has 3 rings (SSSR count). The molecule has 2 aromatic carbocycles. The van der Waals surface area contributed by atoms with Crippen LogP contribution in [0.5, 0.6) is 0 Å². The van der Waals surface area contributed by atoms with Crippen molar-refractivity contribution in [2.45, 2.75) is 4.90 Å². The van der Waals surface area contributed by atoms with E-state index in [1.54, 1.807) is 0 Å². The second-order valence-electron chi connectivity index (χ2n) is 6.53. The van der Waals surface area contributed by atoms with E-state index < -0.39 is 16.0 Å². The quantitative estimate of drug-likeness (QED) is 0.697. The van der Waals surface area contributed by atoms with E-state index in [0.717, 1.165) is 12.1 Å². The van der Waals surface area contributed by atoms with E-state index in [1.807, 2.05) is 30.3 Å². The molecule has 0 spiro atoms. The highest BCUT2D eigenvalue weighted by atomic mass is 32.2. The van der Waals surface area contributed by atoms with Crippen molar-refractivity contribution in [1.82, 2.24) is 9.21 Å². The highest BCUT2D eigenvalue weighted by Crippen LogP contribution is 2.18. The molecule has 148 valence electrons. The molecule has 0 N–H and O–H groups in total. The molecule has 0 aromatic heterocycles. The van der Waals surface area contributed by atoms with Crippen LogP contribution in [0.4, 0.5) is 0 Å². The Kier molecular flexibility index (Phi) is 6.61. The first-order valence-electron chi connectivity index (χ1n) is 9.13. The molecule has 0 aliphatic carbocycles. The number of ether oxygens (including phenoxy) is 1. The maximum absolute atomic E-state index is 12.8. The molecule has 0 radical (unpaired) electrons. The largest absolute Gasteiger partial charge is 0.465 e. The van der Waals surface area contributed by atoms with Crippen LogP contribution in [0.2, 0.25) is 0 Å². The summed E-state index contributed by atoms with van der Waals surface area (Å²) in [4.78, 5) is 13.9. The molecule has 1 aliphatic rings. The van der Waals surface area contributed by atoms with E-state index in [9.17, 15) is 13.2 Å². The van der Waals surface area contributed by atoms with Crippen LogP contribution in [-0.4, -0.2) is 63.4 Å². The van der Waals surface area contributed by atoms with Crippen LogP contribution in [0, 0.1) is 0 Å². The van der Waals surface area contributed by atoms with E-state index in [4.69, 9.17) is 0 Å². The Balaban J connectivity index is 1.56. The van der Waals surface area contributed by atoms with E-state index in [2.05, 4.69) is 21.8 Å². The van der Waals surface area contributed by atoms with Crippen molar-refractivity contribution in [1.29, 1.82) is 0 Å². The number of hydrogen-bond donors (Lipinski definition) is 0. The number of carbonyl (C=O) groups excluding carboxylic acids is 1. The molecule has 0 amide bonds. The van der Waals surface area contributed by atoms with Gasteiger partial charge in [0, 0.05) is 32.7 Å². The van der Waals surface area contributed by atoms with E-state index in [-0.39, 0.29) is 4.90 Å². The highest BCUT2D eigenvalue weighted by Gasteiger charge is 2.28. The van der Waals surface area contributed by atoms with Crippen LogP contribution >= 0.6 is 0 Å². The van der Waals surface area contributed by atoms with Crippen molar-refractivity contribution in [2.24, 2.45) is 0 Å². The van der Waals surface area contributed by atoms with Gasteiger partial charge in [0.1, 0.15) is 0 Å². The Hall–Kier alpha value is -2.48. The molecule has 28 heavy (non-hydrogen) atoms. The Morgan fingerprint density at radius 2 is 1.64 bits per heavy atom. The molecule has 0 saturated carbocycles. The maximum Gasteiger partial charge on any atom is 0.337 e. The molecule has 1 heterocycles. The Labute approximate surface area is 166 Å². The number of piperazine rings is 1. The summed E-state index contributed by atoms with van der Waals surface area (Å²) in [6.07, 6.45) is 4.18. The van der Waals surface area contributed by atoms with Gasteiger partial charge in [-0.15, -0.1) is 0 Å². The van der Waals surface area contributed by atoms with Gasteiger partial charge in [0.15, 0.2) is 0 Å². The van der Waals surface area contributed by atoms with Crippen molar-refractivity contribution < 1.29 is 17.9 Å². The molecule has 1 aliphatic heterocycles. The third-order valence-corrected chi connectivity index (χ3v) is 6.63. The minimum Gasteiger partial charge on any atom is -0.465 e. The van der Waals surface area contributed by atoms with Gasteiger partial charge in [-0.05, 0) is 29.8 Å². The fourth-order valence-corrected chi connectivity index (χ4v) is 4.51. The maximum atomic E-state index is 12.8. The lowest BCUT2D eigenvalue weighted by Crippen LogP contribution is -2.48. The molecule has 1 fully saturated rings. The van der Waals surface area contributed by atoms with Gasteiger partial charge in [0.2, 0.25) is 10.0 Å². The lowest BCUT2D eigenvalue weighted by Gasteiger charge is -2.33. The number of nitrogens with zero attached hydrogens (tertiary/aromatic N) is 2. The molecule has 0 atom stereocenters. The van der Waals surface area contributed by atoms with Crippen LogP contribution in [0.25, 0.3) is 6.08 Å². The first kappa shape index (κ1) is 20.3. The smallest absolute Gasteiger partial charge is 0.337 e. The number of esters is 1. The second kappa shape index (κ2) is 9.14. The molecular weight excluding hydrogens is 376 g/mol. The summed E-state index contributed by atoms with van der Waals surface area (Å²) >= 11 is 0. The van der Waals surface area contributed by atoms with Gasteiger partial charge < -0.3 is 4.74 Å². The highest BCUT2D eigenvalue weighted by molar-refractivity contribution is 7.89. The SMILES string of the molecule is COC(=O)c1ccc(S(=O)(=O)N2CCN(C/C=C/c3ccccc3)CC2)cc1. The number of methoxy groups -OCH3 is 1. The third-order valence-electron chi connectivity index (χ3n) is 4.72. The fraction of sp³-hybridized carbons (Fsp3) is 0.286. The normalized spacial score (nSPS) is 16.3. The summed E-state index contributed by atoms with van der Waals surface area (Å²) in [6, 6.07) is 15.9. The van der Waals surface area contributed by atoms with E-state index in [1.165, 1.54) is 35.7 Å². The molecule has 6 nitrogen and oxygen atoms in total. The summed E-state index contributed by atoms with van der Waals surface area (Å²) in [5, 5.41) is 0. The van der Waals surface area contributed by atoms with Crippen LogP contribution in [0.1, 0.15) is 15.9 Å². The minimum absolute atomic E-state index is 0.192. The first-order chi connectivity index (χ1) is 13.5. The minimum atomic E-state index is -3.56. The predicted molar refractivity (Wildman–Crippen MR) is 108 cm³/mol. The number of benzene rings is 2. The van der Waals surface area contributed by atoms with Gasteiger partial charge >= 0.3 is 5.97 Å². The fourth-order valence-electron chi connectivity index (χ4n) is 3.08. The Bertz CT molecular complexity index is 917. The topological polar surface area (TPSA) is 66.9 Å². The number of carbonyl (C=O) groups is 1. The van der Waals surface area contributed by atoms with Crippen molar-refractivity contribution in [3.8, 4) is 0 Å². The summed E-state index contributed by atoms with van der Waals surface area (Å²) < 4.78 is 31.8. The van der Waals surface area contributed by atoms with Gasteiger partial charge in [-0.2, -0.15) is 4.31 Å². The molecule has 0 bridgehead atoms. The van der Waals surface area contributed by atoms with Crippen LogP contribution in [0.3, 0.4) is 0 Å². The van der Waals surface area contributed by atoms with Gasteiger partial charge in [-0.25, -0.2) is 13.2 Å². The van der Waals surface area contributed by atoms with E-state index >= 15 is 0 Å². The number of sulfonamides is 1. The summed E-state index contributed by atoms with van der Waals surface area (Å²) in [6.45, 7) is 3.04. The monoisotopic (exact) mass is 400 g/mol. The van der Waals surface area contributed by atoms with Gasteiger partial charge in [0.25, 0.3) is 0 Å². The van der Waals surface area contributed by atoms with Gasteiger partial charge in [-0.1, -0.05) is 42.5 Å². The lowest BCUT2D eigenvalue weighted by atomic mass is 10.2. The molecule has 7 heteroatoms. The van der Waals surface area contributed by atoms with Crippen molar-refractivity contribution in [2.75, 3.05) is 39.8 Å². The summed E-state index contributed by atoms with van der Waals surface area (Å²) in [7, 11) is -2.27. The third kappa shape index (κ3) is 4.86. The van der Waals surface area contributed by atoms with Crippen molar-refractivity contribution >= 4 is 22.1 Å². The average molecular weight is 401 g/mol. The van der Waals surface area contributed by atoms with Crippen molar-refractivity contribution in [3.63, 3.8) is 0 Å². The van der Waals surface area contributed by atoms with Crippen LogP contribution in [0.15, 0.2) is 65.6 Å². The zero-order chi connectivity index (χ0) is 20.0. The molecule has 2 aromatic rings. The molecular formula is C21H24N2O4S. The standard InChI is InChI=1S/C21H24N2O4S/c1-27-21(24)19-9-11-20(12-10-19)28(25,26)23-16-14-22(15-17-23)13-5-8-18-6-3-2-4-7-18/h2-12H,13-17H2,1H3/b8-5+. The Morgan fingerprint density at radius 3 is 2.25 bits per heavy atom. The summed E-state index contributed by atoms with van der Waals surface area (Å²) in [5.41, 5.74) is 1.48. The average Bonchev–Trinajstić information content (AvgIpc) is 2.74. The van der Waals surface area contributed by atoms with Crippen LogP contribution in [-0.2, 0) is 14.8 Å². The zero-order valence-corrected chi connectivity index (χ0v) is 16.6. The van der Waals surface area contributed by atoms with E-state index in [0.29, 0.717) is 31.7 Å². The molecule has 0 unspecified atom stereocenters. The van der Waals surface area contributed by atoms with Gasteiger partial charge in [0.05, 0.1) is 17.6 Å². The predicted octanol–water partition coefficient (Wildman–Crippen LogP) is 2.49. The second-order valence-corrected chi connectivity index (χ2v) is 8.47. The zero-order valence-electron chi connectivity index (χ0n) is 15.8. The number of rotatable bonds is 6. The Morgan fingerprint density at radius 1 is 1.00 bits per heavy atom. The van der Waals surface area contributed by atoms with Crippen molar-refractivity contribution in [3.05, 3.63) is 71.8 Å².